The Labute approximate surface area is 170 Å². The van der Waals surface area contributed by atoms with Crippen molar-refractivity contribution in [2.75, 3.05) is 39.3 Å². The molecule has 0 spiro atoms. The van der Waals surface area contributed by atoms with Crippen molar-refractivity contribution in [1.29, 1.82) is 0 Å². The second-order valence-corrected chi connectivity index (χ2v) is 6.88. The fourth-order valence-corrected chi connectivity index (χ4v) is 3.34. The van der Waals surface area contributed by atoms with Gasteiger partial charge in [-0.05, 0) is 42.7 Å². The summed E-state index contributed by atoms with van der Waals surface area (Å²) in [6.45, 7) is 2.95. The maximum atomic E-state index is 12.8. The molecule has 3 rings (SSSR count). The number of hydrogen-bond donors (Lipinski definition) is 2. The first-order valence-electron chi connectivity index (χ1n) is 9.51. The van der Waals surface area contributed by atoms with Crippen LogP contribution in [0.4, 0.5) is 5.69 Å². The predicted molar refractivity (Wildman–Crippen MR) is 110 cm³/mol. The second kappa shape index (κ2) is 9.43. The molecule has 29 heavy (non-hydrogen) atoms. The van der Waals surface area contributed by atoms with E-state index in [1.54, 1.807) is 32.4 Å². The molecule has 0 bridgehead atoms. The summed E-state index contributed by atoms with van der Waals surface area (Å²) in [6.07, 6.45) is 0.564. The zero-order chi connectivity index (χ0) is 20.8. The number of nitrogens with one attached hydrogen (secondary N) is 2. The van der Waals surface area contributed by atoms with Crippen molar-refractivity contribution < 1.29 is 23.8 Å². The lowest BCUT2D eigenvalue weighted by atomic mass is 9.95. The zero-order valence-corrected chi connectivity index (χ0v) is 16.9. The van der Waals surface area contributed by atoms with E-state index in [1.807, 2.05) is 25.1 Å². The van der Waals surface area contributed by atoms with Gasteiger partial charge in [-0.25, -0.2) is 0 Å². The summed E-state index contributed by atoms with van der Waals surface area (Å²) >= 11 is 0. The van der Waals surface area contributed by atoms with E-state index in [4.69, 9.17) is 14.2 Å². The van der Waals surface area contributed by atoms with Crippen LogP contribution in [0.2, 0.25) is 0 Å². The zero-order valence-electron chi connectivity index (χ0n) is 16.9. The Bertz CT molecular complexity index is 897. The standard InChI is InChI=1S/C22H26N2O5/c1-14-17(22(26)23-10-11-27-2)7-5-8-18(14)24-21(25)16-12-15-6-4-9-19(28-3)20(15)29-13-16/h4-9,16H,10-13H2,1-3H3,(H,23,26)(H,24,25). The molecule has 0 radical (unpaired) electrons. The molecule has 2 N–H and O–H groups in total. The molecule has 1 aliphatic rings. The Hall–Kier alpha value is -3.06. The summed E-state index contributed by atoms with van der Waals surface area (Å²) < 4.78 is 16.1. The summed E-state index contributed by atoms with van der Waals surface area (Å²) in [5.74, 6) is 0.707. The van der Waals surface area contributed by atoms with Crippen LogP contribution in [0.3, 0.4) is 0 Å². The van der Waals surface area contributed by atoms with Crippen molar-refractivity contribution in [1.82, 2.24) is 5.32 Å². The van der Waals surface area contributed by atoms with E-state index in [-0.39, 0.29) is 24.3 Å². The molecule has 0 saturated carbocycles. The number of carbonyl (C=O) groups excluding carboxylic acids is 2. The van der Waals surface area contributed by atoms with Crippen molar-refractivity contribution in [2.24, 2.45) is 5.92 Å². The lowest BCUT2D eigenvalue weighted by Gasteiger charge is -2.26. The molecule has 154 valence electrons. The predicted octanol–water partition coefficient (Wildman–Crippen LogP) is 2.57. The Balaban J connectivity index is 1.69. The van der Waals surface area contributed by atoms with E-state index in [0.717, 1.165) is 11.1 Å². The molecule has 2 aromatic carbocycles. The van der Waals surface area contributed by atoms with Gasteiger partial charge in [0.15, 0.2) is 11.5 Å². The third kappa shape index (κ3) is 4.68. The van der Waals surface area contributed by atoms with Gasteiger partial charge in [0, 0.05) is 24.9 Å². The second-order valence-electron chi connectivity index (χ2n) is 6.88. The van der Waals surface area contributed by atoms with Crippen LogP contribution in [0, 0.1) is 12.8 Å². The number of hydrogen-bond acceptors (Lipinski definition) is 5. The minimum Gasteiger partial charge on any atom is -0.493 e. The number of para-hydroxylation sites is 1. The molecule has 0 fully saturated rings. The Morgan fingerprint density at radius 3 is 2.72 bits per heavy atom. The van der Waals surface area contributed by atoms with Gasteiger partial charge in [-0.15, -0.1) is 0 Å². The number of ether oxygens (including phenoxy) is 3. The molecular weight excluding hydrogens is 372 g/mol. The average Bonchev–Trinajstić information content (AvgIpc) is 2.74. The fourth-order valence-electron chi connectivity index (χ4n) is 3.34. The number of fused-ring (bicyclic) bond motifs is 1. The van der Waals surface area contributed by atoms with Crippen molar-refractivity contribution in [3.63, 3.8) is 0 Å². The summed E-state index contributed by atoms with van der Waals surface area (Å²) in [7, 11) is 3.18. The van der Waals surface area contributed by atoms with E-state index in [1.165, 1.54) is 0 Å². The molecule has 0 saturated heterocycles. The van der Waals surface area contributed by atoms with Gasteiger partial charge in [-0.1, -0.05) is 18.2 Å². The maximum Gasteiger partial charge on any atom is 0.251 e. The summed E-state index contributed by atoms with van der Waals surface area (Å²) in [4.78, 5) is 25.2. The smallest absolute Gasteiger partial charge is 0.251 e. The number of amides is 2. The van der Waals surface area contributed by atoms with Gasteiger partial charge in [0.05, 0.1) is 19.6 Å². The Kier molecular flexibility index (Phi) is 6.72. The van der Waals surface area contributed by atoms with Crippen molar-refractivity contribution in [2.45, 2.75) is 13.3 Å². The monoisotopic (exact) mass is 398 g/mol. The van der Waals surface area contributed by atoms with Crippen LogP contribution in [0.1, 0.15) is 21.5 Å². The van der Waals surface area contributed by atoms with Crippen molar-refractivity contribution in [3.05, 3.63) is 53.1 Å². The third-order valence-corrected chi connectivity index (χ3v) is 4.97. The van der Waals surface area contributed by atoms with Gasteiger partial charge < -0.3 is 24.8 Å². The molecule has 1 heterocycles. The number of anilines is 1. The third-order valence-electron chi connectivity index (χ3n) is 4.97. The van der Waals surface area contributed by atoms with Gasteiger partial charge in [-0.3, -0.25) is 9.59 Å². The van der Waals surface area contributed by atoms with Gasteiger partial charge in [0.1, 0.15) is 6.61 Å². The number of methoxy groups -OCH3 is 2. The van der Waals surface area contributed by atoms with Gasteiger partial charge in [0.2, 0.25) is 5.91 Å². The van der Waals surface area contributed by atoms with E-state index < -0.39 is 0 Å². The summed E-state index contributed by atoms with van der Waals surface area (Å²) in [6, 6.07) is 10.9. The number of benzene rings is 2. The number of rotatable bonds is 7. The van der Waals surface area contributed by atoms with Crippen LogP contribution in [0.5, 0.6) is 11.5 Å². The lowest BCUT2D eigenvalue weighted by Crippen LogP contribution is -2.33. The molecule has 7 heteroatoms. The quantitative estimate of drug-likeness (QED) is 0.700. The highest BCUT2D eigenvalue weighted by Gasteiger charge is 2.28. The Morgan fingerprint density at radius 2 is 1.97 bits per heavy atom. The normalized spacial score (nSPS) is 15.1. The molecule has 0 aromatic heterocycles. The highest BCUT2D eigenvalue weighted by atomic mass is 16.5. The van der Waals surface area contributed by atoms with E-state index in [0.29, 0.717) is 42.3 Å². The molecular formula is C22H26N2O5. The SMILES string of the molecule is COCCNC(=O)c1cccc(NC(=O)C2COc3c(cccc3OC)C2)c1C. The molecule has 2 aromatic rings. The van der Waals surface area contributed by atoms with Crippen LogP contribution < -0.4 is 20.1 Å². The average molecular weight is 398 g/mol. The topological polar surface area (TPSA) is 85.9 Å². The maximum absolute atomic E-state index is 12.8. The summed E-state index contributed by atoms with van der Waals surface area (Å²) in [5.41, 5.74) is 2.80. The molecule has 7 nitrogen and oxygen atoms in total. The molecule has 0 aliphatic carbocycles. The van der Waals surface area contributed by atoms with Crippen molar-refractivity contribution in [3.8, 4) is 11.5 Å². The van der Waals surface area contributed by atoms with Crippen LogP contribution in [0.15, 0.2) is 36.4 Å². The number of carbonyl (C=O) groups is 2. The van der Waals surface area contributed by atoms with E-state index in [9.17, 15) is 9.59 Å². The van der Waals surface area contributed by atoms with E-state index in [2.05, 4.69) is 10.6 Å². The largest absolute Gasteiger partial charge is 0.493 e. The fraction of sp³-hybridized carbons (Fsp3) is 0.364. The highest BCUT2D eigenvalue weighted by Crippen LogP contribution is 2.36. The summed E-state index contributed by atoms with van der Waals surface area (Å²) in [5, 5.41) is 5.74. The molecule has 1 atom stereocenters. The molecule has 1 unspecified atom stereocenters. The highest BCUT2D eigenvalue weighted by molar-refractivity contribution is 5.99. The van der Waals surface area contributed by atoms with Crippen LogP contribution in [0.25, 0.3) is 0 Å². The van der Waals surface area contributed by atoms with Crippen molar-refractivity contribution >= 4 is 17.5 Å². The minimum atomic E-state index is -0.326. The molecule has 2 amide bonds. The van der Waals surface area contributed by atoms with Gasteiger partial charge >= 0.3 is 0 Å². The van der Waals surface area contributed by atoms with Gasteiger partial charge in [0.25, 0.3) is 5.91 Å². The van der Waals surface area contributed by atoms with Gasteiger partial charge in [-0.2, -0.15) is 0 Å². The first-order valence-corrected chi connectivity index (χ1v) is 9.51. The minimum absolute atomic E-state index is 0.140. The lowest BCUT2D eigenvalue weighted by molar-refractivity contribution is -0.121. The first kappa shape index (κ1) is 20.7. The van der Waals surface area contributed by atoms with Crippen LogP contribution >= 0.6 is 0 Å². The molecule has 1 aliphatic heterocycles. The van der Waals surface area contributed by atoms with Crippen LogP contribution in [-0.2, 0) is 16.0 Å². The Morgan fingerprint density at radius 1 is 1.17 bits per heavy atom. The first-order chi connectivity index (χ1) is 14.0. The van der Waals surface area contributed by atoms with E-state index >= 15 is 0 Å². The van der Waals surface area contributed by atoms with Crippen LogP contribution in [-0.4, -0.2) is 45.8 Å².